The van der Waals surface area contributed by atoms with E-state index in [2.05, 4.69) is 0 Å². The predicted octanol–water partition coefficient (Wildman–Crippen LogP) is 8.34. The fraction of sp³-hybridized carbons (Fsp3) is 0. The molecule has 3 heteroatoms. The minimum Gasteiger partial charge on any atom is -0.289 e. The Hall–Kier alpha value is -3.39. The molecule has 0 fully saturated rings. The van der Waals surface area contributed by atoms with Crippen molar-refractivity contribution < 1.29 is 4.79 Å². The predicted molar refractivity (Wildman–Crippen MR) is 137 cm³/mol. The van der Waals surface area contributed by atoms with Gasteiger partial charge in [-0.2, -0.15) is 0 Å². The molecule has 1 nitrogen and oxygen atoms in total. The van der Waals surface area contributed by atoms with E-state index in [1.807, 2.05) is 121 Å². The van der Waals surface area contributed by atoms with E-state index >= 15 is 0 Å². The number of benzene rings is 4. The smallest absolute Gasteiger partial charge is 0.194 e. The van der Waals surface area contributed by atoms with Crippen molar-refractivity contribution >= 4 is 52.3 Å². The van der Waals surface area contributed by atoms with Gasteiger partial charge in [-0.25, -0.2) is 0 Å². The Labute approximate surface area is 198 Å². The number of allylic oxidation sites excluding steroid dienone is 2. The monoisotopic (exact) mass is 454 g/mol. The molecule has 0 aliphatic heterocycles. The maximum atomic E-state index is 14.0. The molecule has 0 amide bonds. The number of ketones is 1. The fourth-order valence-corrected chi connectivity index (χ4v) is 3.64. The molecular weight excluding hydrogens is 435 g/mol. The Bertz CT molecular complexity index is 1150. The van der Waals surface area contributed by atoms with Crippen LogP contribution in [-0.2, 0) is 4.79 Å². The van der Waals surface area contributed by atoms with Gasteiger partial charge in [0.2, 0.25) is 0 Å². The zero-order valence-corrected chi connectivity index (χ0v) is 18.7. The highest BCUT2D eigenvalue weighted by Gasteiger charge is 2.19. The second-order valence-corrected chi connectivity index (χ2v) is 8.15. The third-order valence-electron chi connectivity index (χ3n) is 5.02. The highest BCUT2D eigenvalue weighted by atomic mass is 35.5. The van der Waals surface area contributed by atoms with Gasteiger partial charge in [-0.3, -0.25) is 4.79 Å². The van der Waals surface area contributed by atoms with Gasteiger partial charge in [-0.1, -0.05) is 108 Å². The standard InChI is InChI=1S/C29H20Cl2O/c30-25-15-11-21(12-16-25)19-27(23-7-3-1-4-8-23)29(32)28(24-9-5-2-6-10-24)20-22-13-17-26(31)18-14-22/h1-20H. The Kier molecular flexibility index (Phi) is 7.01. The van der Waals surface area contributed by atoms with Crippen LogP contribution in [0.4, 0.5) is 0 Å². The summed E-state index contributed by atoms with van der Waals surface area (Å²) >= 11 is 12.1. The van der Waals surface area contributed by atoms with E-state index in [0.29, 0.717) is 21.2 Å². The number of Topliss-reactive ketones (excluding diaryl/α,β-unsaturated/α-hetero) is 1. The van der Waals surface area contributed by atoms with Crippen LogP contribution >= 0.6 is 23.2 Å². The Balaban J connectivity index is 1.86. The first kappa shape index (κ1) is 21.8. The second-order valence-electron chi connectivity index (χ2n) is 7.28. The van der Waals surface area contributed by atoms with E-state index in [0.717, 1.165) is 22.3 Å². The molecule has 0 saturated carbocycles. The van der Waals surface area contributed by atoms with Crippen LogP contribution < -0.4 is 0 Å². The third kappa shape index (κ3) is 5.45. The van der Waals surface area contributed by atoms with Gasteiger partial charge in [-0.05, 0) is 58.7 Å². The van der Waals surface area contributed by atoms with Crippen molar-refractivity contribution in [2.24, 2.45) is 0 Å². The van der Waals surface area contributed by atoms with E-state index in [9.17, 15) is 4.79 Å². The summed E-state index contributed by atoms with van der Waals surface area (Å²) in [7, 11) is 0. The summed E-state index contributed by atoms with van der Waals surface area (Å²) in [6.45, 7) is 0. The summed E-state index contributed by atoms with van der Waals surface area (Å²) < 4.78 is 0. The van der Waals surface area contributed by atoms with Gasteiger partial charge in [0.1, 0.15) is 0 Å². The van der Waals surface area contributed by atoms with E-state index in [-0.39, 0.29) is 5.78 Å². The molecule has 0 unspecified atom stereocenters. The first-order valence-electron chi connectivity index (χ1n) is 10.2. The summed E-state index contributed by atoms with van der Waals surface area (Å²) in [5.41, 5.74) is 4.73. The van der Waals surface area contributed by atoms with E-state index in [1.54, 1.807) is 0 Å². The number of carbonyl (C=O) groups is 1. The minimum atomic E-state index is -0.0627. The van der Waals surface area contributed by atoms with Crippen molar-refractivity contribution in [1.29, 1.82) is 0 Å². The van der Waals surface area contributed by atoms with Crippen LogP contribution in [0.15, 0.2) is 109 Å². The summed E-state index contributed by atoms with van der Waals surface area (Å²) in [6.07, 6.45) is 3.82. The average molecular weight is 455 g/mol. The maximum absolute atomic E-state index is 14.0. The molecule has 4 rings (SSSR count). The second kappa shape index (κ2) is 10.3. The molecular formula is C29H20Cl2O. The molecule has 0 saturated heterocycles. The van der Waals surface area contributed by atoms with Gasteiger partial charge in [-0.15, -0.1) is 0 Å². The zero-order valence-electron chi connectivity index (χ0n) is 17.2. The molecule has 0 spiro atoms. The van der Waals surface area contributed by atoms with Gasteiger partial charge in [0.25, 0.3) is 0 Å². The molecule has 0 aliphatic rings. The fourth-order valence-electron chi connectivity index (χ4n) is 3.39. The van der Waals surface area contributed by atoms with Crippen LogP contribution in [0.1, 0.15) is 22.3 Å². The lowest BCUT2D eigenvalue weighted by molar-refractivity contribution is -0.108. The number of rotatable bonds is 6. The van der Waals surface area contributed by atoms with Crippen molar-refractivity contribution in [2.45, 2.75) is 0 Å². The van der Waals surface area contributed by atoms with E-state index < -0.39 is 0 Å². The summed E-state index contributed by atoms with van der Waals surface area (Å²) in [5, 5.41) is 1.31. The number of halogens is 2. The third-order valence-corrected chi connectivity index (χ3v) is 5.52. The Morgan fingerprint density at radius 2 is 0.844 bits per heavy atom. The van der Waals surface area contributed by atoms with Crippen molar-refractivity contribution in [1.82, 2.24) is 0 Å². The van der Waals surface area contributed by atoms with Gasteiger partial charge < -0.3 is 0 Å². The molecule has 0 radical (unpaired) electrons. The van der Waals surface area contributed by atoms with Crippen molar-refractivity contribution in [3.63, 3.8) is 0 Å². The molecule has 0 aromatic heterocycles. The molecule has 32 heavy (non-hydrogen) atoms. The first-order valence-corrected chi connectivity index (χ1v) is 11.0. The van der Waals surface area contributed by atoms with Crippen LogP contribution in [0.5, 0.6) is 0 Å². The van der Waals surface area contributed by atoms with Crippen LogP contribution in [0.2, 0.25) is 10.0 Å². The number of hydrogen-bond donors (Lipinski definition) is 0. The molecule has 4 aromatic rings. The maximum Gasteiger partial charge on any atom is 0.194 e. The molecule has 4 aromatic carbocycles. The van der Waals surface area contributed by atoms with Crippen LogP contribution in [-0.4, -0.2) is 5.78 Å². The van der Waals surface area contributed by atoms with Crippen LogP contribution in [0.25, 0.3) is 23.3 Å². The molecule has 0 aliphatic carbocycles. The number of carbonyl (C=O) groups excluding carboxylic acids is 1. The summed E-state index contributed by atoms with van der Waals surface area (Å²) in [6, 6.07) is 34.3. The Morgan fingerprint density at radius 3 is 1.19 bits per heavy atom. The lowest BCUT2D eigenvalue weighted by Crippen LogP contribution is -2.05. The molecule has 0 heterocycles. The SMILES string of the molecule is O=C(C(=Cc1ccc(Cl)cc1)c1ccccc1)C(=Cc1ccc(Cl)cc1)c1ccccc1. The zero-order chi connectivity index (χ0) is 22.3. The first-order chi connectivity index (χ1) is 15.6. The van der Waals surface area contributed by atoms with Gasteiger partial charge in [0.05, 0.1) is 0 Å². The van der Waals surface area contributed by atoms with Crippen LogP contribution in [0, 0.1) is 0 Å². The lowest BCUT2D eigenvalue weighted by Gasteiger charge is -2.12. The highest BCUT2D eigenvalue weighted by Crippen LogP contribution is 2.29. The number of hydrogen-bond acceptors (Lipinski definition) is 1. The van der Waals surface area contributed by atoms with Gasteiger partial charge >= 0.3 is 0 Å². The summed E-state index contributed by atoms with van der Waals surface area (Å²) in [4.78, 5) is 14.0. The van der Waals surface area contributed by atoms with Crippen molar-refractivity contribution in [2.75, 3.05) is 0 Å². The van der Waals surface area contributed by atoms with Crippen LogP contribution in [0.3, 0.4) is 0 Å². The topological polar surface area (TPSA) is 17.1 Å². The molecule has 156 valence electrons. The lowest BCUT2D eigenvalue weighted by atomic mass is 9.90. The van der Waals surface area contributed by atoms with E-state index in [1.165, 1.54) is 0 Å². The van der Waals surface area contributed by atoms with Gasteiger partial charge in [0, 0.05) is 21.2 Å². The molecule has 0 bridgehead atoms. The largest absolute Gasteiger partial charge is 0.289 e. The highest BCUT2D eigenvalue weighted by molar-refractivity contribution is 6.46. The van der Waals surface area contributed by atoms with Crippen molar-refractivity contribution in [3.8, 4) is 0 Å². The normalized spacial score (nSPS) is 11.9. The Morgan fingerprint density at radius 1 is 0.500 bits per heavy atom. The van der Waals surface area contributed by atoms with E-state index in [4.69, 9.17) is 23.2 Å². The molecule has 0 N–H and O–H groups in total. The average Bonchev–Trinajstić information content (AvgIpc) is 2.84. The quantitative estimate of drug-likeness (QED) is 0.211. The summed E-state index contributed by atoms with van der Waals surface area (Å²) in [5.74, 6) is -0.0627. The van der Waals surface area contributed by atoms with Crippen molar-refractivity contribution in [3.05, 3.63) is 141 Å². The minimum absolute atomic E-state index is 0.0627. The van der Waals surface area contributed by atoms with Gasteiger partial charge in [0.15, 0.2) is 5.78 Å². The molecule has 0 atom stereocenters.